The summed E-state index contributed by atoms with van der Waals surface area (Å²) in [4.78, 5) is 49.7. The molecule has 2 atom stereocenters. The van der Waals surface area contributed by atoms with E-state index in [9.17, 15) is 24.4 Å². The predicted octanol–water partition coefficient (Wildman–Crippen LogP) is 3.89. The summed E-state index contributed by atoms with van der Waals surface area (Å²) in [7, 11) is 2.38. The molecule has 2 N–H and O–H groups in total. The van der Waals surface area contributed by atoms with Crippen LogP contribution in [0.4, 0.5) is 5.69 Å². The number of carbonyl (C=O) groups is 4. The highest BCUT2D eigenvalue weighted by atomic mass is 35.5. The van der Waals surface area contributed by atoms with E-state index in [4.69, 9.17) is 32.7 Å². The number of anilines is 1. The lowest BCUT2D eigenvalue weighted by Gasteiger charge is -2.31. The van der Waals surface area contributed by atoms with Crippen LogP contribution in [-0.4, -0.2) is 43.7 Å². The van der Waals surface area contributed by atoms with Gasteiger partial charge in [-0.2, -0.15) is 5.26 Å². The van der Waals surface area contributed by atoms with Crippen molar-refractivity contribution in [3.8, 4) is 6.07 Å². The van der Waals surface area contributed by atoms with E-state index >= 15 is 0 Å². The third-order valence-electron chi connectivity index (χ3n) is 5.23. The number of hydrogen-bond donors (Lipinski definition) is 2. The average Bonchev–Trinajstić information content (AvgIpc) is 2.87. The van der Waals surface area contributed by atoms with Gasteiger partial charge in [-0.1, -0.05) is 47.1 Å². The normalized spacial score (nSPS) is 17.0. The molecule has 0 bridgehead atoms. The van der Waals surface area contributed by atoms with E-state index in [0.717, 1.165) is 18.9 Å². The maximum atomic E-state index is 12.9. The highest BCUT2D eigenvalue weighted by Gasteiger charge is 2.44. The molecule has 0 spiro atoms. The number of allylic oxidation sites excluding steroid dienone is 1. The first-order valence-corrected chi connectivity index (χ1v) is 12.0. The van der Waals surface area contributed by atoms with E-state index in [1.807, 2.05) is 6.07 Å². The fraction of sp³-hybridized carbons (Fsp3) is 0.208. The summed E-state index contributed by atoms with van der Waals surface area (Å²) in [5, 5.41) is 15.9. The van der Waals surface area contributed by atoms with Crippen LogP contribution in [-0.2, 0) is 23.9 Å². The van der Waals surface area contributed by atoms with Gasteiger partial charge in [0.1, 0.15) is 5.92 Å². The molecule has 0 saturated carbocycles. The smallest absolute Gasteiger partial charge is 0.337 e. The van der Waals surface area contributed by atoms with Crippen molar-refractivity contribution < 1.29 is 28.7 Å². The van der Waals surface area contributed by atoms with Gasteiger partial charge >= 0.3 is 11.9 Å². The zero-order valence-electron chi connectivity index (χ0n) is 19.0. The number of thioether (sulfide) groups is 1. The van der Waals surface area contributed by atoms with Crippen molar-refractivity contribution in [2.45, 2.75) is 5.92 Å². The number of benzene rings is 2. The van der Waals surface area contributed by atoms with E-state index in [1.54, 1.807) is 12.1 Å². The summed E-state index contributed by atoms with van der Waals surface area (Å²) in [6.07, 6.45) is 0. The number of carbonyl (C=O) groups excluding carboxylic acids is 4. The van der Waals surface area contributed by atoms with E-state index in [1.165, 1.54) is 37.4 Å². The molecule has 2 aromatic carbocycles. The fourth-order valence-corrected chi connectivity index (χ4v) is 4.84. The molecule has 3 rings (SSSR count). The number of nitrogens with one attached hydrogen (secondary N) is 2. The molecule has 0 saturated heterocycles. The van der Waals surface area contributed by atoms with Gasteiger partial charge in [0.2, 0.25) is 11.8 Å². The number of amides is 2. The van der Waals surface area contributed by atoms with E-state index in [2.05, 4.69) is 10.6 Å². The quantitative estimate of drug-likeness (QED) is 0.393. The van der Waals surface area contributed by atoms with Gasteiger partial charge in [-0.05, 0) is 35.9 Å². The van der Waals surface area contributed by atoms with Gasteiger partial charge in [0, 0.05) is 10.9 Å². The summed E-state index contributed by atoms with van der Waals surface area (Å²) in [6, 6.07) is 12.6. The molecule has 1 heterocycles. The molecule has 12 heteroatoms. The Morgan fingerprint density at radius 2 is 1.81 bits per heavy atom. The van der Waals surface area contributed by atoms with Gasteiger partial charge in [0.05, 0.1) is 52.9 Å². The third-order valence-corrected chi connectivity index (χ3v) is 6.79. The second-order valence-corrected chi connectivity index (χ2v) is 9.23. The molecule has 0 aromatic heterocycles. The van der Waals surface area contributed by atoms with Crippen LogP contribution in [0.5, 0.6) is 0 Å². The molecule has 1 aliphatic rings. The van der Waals surface area contributed by atoms with E-state index in [-0.39, 0.29) is 26.9 Å². The number of esters is 2. The highest BCUT2D eigenvalue weighted by Crippen LogP contribution is 2.40. The van der Waals surface area contributed by atoms with Crippen LogP contribution in [0.1, 0.15) is 21.8 Å². The van der Waals surface area contributed by atoms with Crippen molar-refractivity contribution >= 4 is 64.4 Å². The Morgan fingerprint density at radius 3 is 2.39 bits per heavy atom. The van der Waals surface area contributed by atoms with Gasteiger partial charge in [0.15, 0.2) is 0 Å². The Morgan fingerprint density at radius 1 is 1.11 bits per heavy atom. The Balaban J connectivity index is 1.91. The summed E-state index contributed by atoms with van der Waals surface area (Å²) in [5.74, 6) is -5.05. The largest absolute Gasteiger partial charge is 0.468 e. The Labute approximate surface area is 220 Å². The van der Waals surface area contributed by atoms with Crippen molar-refractivity contribution in [3.05, 3.63) is 74.2 Å². The Kier molecular flexibility index (Phi) is 8.98. The van der Waals surface area contributed by atoms with Gasteiger partial charge in [0.25, 0.3) is 0 Å². The van der Waals surface area contributed by atoms with Crippen LogP contribution < -0.4 is 10.6 Å². The molecule has 36 heavy (non-hydrogen) atoms. The molecule has 0 fully saturated rings. The number of ether oxygens (including phenoxy) is 2. The SMILES string of the molecule is COC(=O)c1ccc([C@H]2C(C#N)=C(SCC(=O)Nc3ccc(Cl)cc3Cl)NC(=O)[C@H]2C(=O)OC)cc1. The van der Waals surface area contributed by atoms with Gasteiger partial charge < -0.3 is 20.1 Å². The molecule has 0 aliphatic carbocycles. The van der Waals surface area contributed by atoms with Crippen LogP contribution in [0.25, 0.3) is 0 Å². The lowest BCUT2D eigenvalue weighted by molar-refractivity contribution is -0.150. The first-order chi connectivity index (χ1) is 17.2. The third kappa shape index (κ3) is 5.99. The lowest BCUT2D eigenvalue weighted by atomic mass is 9.78. The second kappa shape index (κ2) is 11.9. The molecular weight excluding hydrogens is 529 g/mol. The van der Waals surface area contributed by atoms with Crippen molar-refractivity contribution in [2.24, 2.45) is 5.92 Å². The zero-order valence-corrected chi connectivity index (χ0v) is 21.3. The predicted molar refractivity (Wildman–Crippen MR) is 134 cm³/mol. The summed E-state index contributed by atoms with van der Waals surface area (Å²) in [6.45, 7) is 0. The van der Waals surface area contributed by atoms with Crippen LogP contribution in [0.15, 0.2) is 53.1 Å². The fourth-order valence-electron chi connectivity index (χ4n) is 3.54. The standard InChI is InChI=1S/C24H19Cl2N3O6S/c1-34-23(32)13-5-3-12(4-6-13)19-15(10-27)22(29-21(31)20(19)24(33)35-2)36-11-18(30)28-17-8-7-14(25)9-16(17)26/h3-9,19-20H,11H2,1-2H3,(H,28,30)(H,29,31)/t19-,20-/m0/s1. The van der Waals surface area contributed by atoms with Crippen molar-refractivity contribution in [3.63, 3.8) is 0 Å². The summed E-state index contributed by atoms with van der Waals surface area (Å²) < 4.78 is 9.49. The van der Waals surface area contributed by atoms with Gasteiger partial charge in [-0.25, -0.2) is 4.79 Å². The molecule has 2 aromatic rings. The minimum Gasteiger partial charge on any atom is -0.468 e. The number of nitriles is 1. The Hall–Kier alpha value is -3.52. The summed E-state index contributed by atoms with van der Waals surface area (Å²) >= 11 is 12.9. The summed E-state index contributed by atoms with van der Waals surface area (Å²) in [5.41, 5.74) is 1.10. The van der Waals surface area contributed by atoms with Crippen molar-refractivity contribution in [1.82, 2.24) is 5.32 Å². The first kappa shape index (κ1) is 27.1. The molecule has 186 valence electrons. The number of rotatable bonds is 7. The molecule has 9 nitrogen and oxygen atoms in total. The molecule has 1 aliphatic heterocycles. The van der Waals surface area contributed by atoms with Crippen molar-refractivity contribution in [1.29, 1.82) is 5.26 Å². The van der Waals surface area contributed by atoms with Crippen LogP contribution in [0, 0.1) is 17.2 Å². The minimum atomic E-state index is -1.35. The number of hydrogen-bond acceptors (Lipinski definition) is 8. The minimum absolute atomic E-state index is 0.0677. The zero-order chi connectivity index (χ0) is 26.4. The average molecular weight is 548 g/mol. The van der Waals surface area contributed by atoms with Crippen LogP contribution in [0.3, 0.4) is 0 Å². The van der Waals surface area contributed by atoms with Crippen molar-refractivity contribution in [2.75, 3.05) is 25.3 Å². The van der Waals surface area contributed by atoms with Gasteiger partial charge in [-0.15, -0.1) is 0 Å². The molecule has 0 radical (unpaired) electrons. The molecular formula is C24H19Cl2N3O6S. The van der Waals surface area contributed by atoms with E-state index in [0.29, 0.717) is 16.3 Å². The maximum Gasteiger partial charge on any atom is 0.337 e. The molecule has 2 amide bonds. The number of halogens is 2. The lowest BCUT2D eigenvalue weighted by Crippen LogP contribution is -2.44. The molecule has 0 unspecified atom stereocenters. The topological polar surface area (TPSA) is 135 Å². The maximum absolute atomic E-state index is 12.9. The van der Waals surface area contributed by atoms with Crippen LogP contribution >= 0.6 is 35.0 Å². The highest BCUT2D eigenvalue weighted by molar-refractivity contribution is 8.03. The van der Waals surface area contributed by atoms with Crippen LogP contribution in [0.2, 0.25) is 10.0 Å². The van der Waals surface area contributed by atoms with Gasteiger partial charge in [-0.3, -0.25) is 14.4 Å². The first-order valence-electron chi connectivity index (χ1n) is 10.3. The Bertz CT molecular complexity index is 1290. The monoisotopic (exact) mass is 547 g/mol. The van der Waals surface area contributed by atoms with E-state index < -0.39 is 35.6 Å². The second-order valence-electron chi connectivity index (χ2n) is 7.40. The number of nitrogens with zero attached hydrogens (tertiary/aromatic N) is 1. The number of methoxy groups -OCH3 is 2.